The van der Waals surface area contributed by atoms with Crippen LogP contribution in [-0.2, 0) is 43.5 Å². The molecule has 0 aliphatic heterocycles. The molecule has 0 radical (unpaired) electrons. The Bertz CT molecular complexity index is 1590. The molecule has 1 atom stereocenters. The monoisotopic (exact) mass is 707 g/mol. The number of thiophene rings is 1. The summed E-state index contributed by atoms with van der Waals surface area (Å²) in [5.74, 6) is 0. The van der Waals surface area contributed by atoms with E-state index in [1.807, 2.05) is 32.0 Å². The van der Waals surface area contributed by atoms with Crippen molar-refractivity contribution in [3.8, 4) is 0 Å². The zero-order valence-electron chi connectivity index (χ0n) is 27.2. The molecule has 6 heteroatoms. The Balaban J connectivity index is 0.000000586. The van der Waals surface area contributed by atoms with Gasteiger partial charge in [-0.3, -0.25) is 0 Å². The van der Waals surface area contributed by atoms with Gasteiger partial charge in [0.25, 0.3) is 4.21 Å². The van der Waals surface area contributed by atoms with E-state index in [-0.39, 0.29) is 22.4 Å². The fraction of sp³-hybridized carbons (Fsp3) is 0.263. The number of benzene rings is 4. The van der Waals surface area contributed by atoms with E-state index in [9.17, 15) is 8.76 Å². The molecule has 5 aromatic rings. The minimum absolute atomic E-state index is 0. The summed E-state index contributed by atoms with van der Waals surface area (Å²) in [6.07, 6.45) is 1.50. The molecule has 0 amide bonds. The summed E-state index contributed by atoms with van der Waals surface area (Å²) in [6, 6.07) is 26.9. The van der Waals surface area contributed by atoms with Gasteiger partial charge in [0.2, 0.25) is 0 Å². The smallest absolute Gasteiger partial charge is 0.346 e. The van der Waals surface area contributed by atoms with Crippen molar-refractivity contribution in [2.75, 3.05) is 6.54 Å². The van der Waals surface area contributed by atoms with Gasteiger partial charge in [-0.15, -0.1) is 11.1 Å². The van der Waals surface area contributed by atoms with Gasteiger partial charge in [0.1, 0.15) is 0 Å². The fourth-order valence-electron chi connectivity index (χ4n) is 4.87. The molecule has 0 aliphatic rings. The standard InChI is InChI=1S/C25H27NO2S2.C9H11.2C2H5.Nb/c1-4-5-14-26(17-20-11-12-21-8-6-7-9-22(21)16-20)30(27,28)25-19(3)23-15-18(2)10-13-24(23)29-25;1-7-4-8(2)6-9(3)5-7;2*1-2;/h6-13,15-16H,1,4-5,14,17H2,2-3H3,(H,27,28);4-6H,1H2,2-3H3;2*1H2,2H3;/q;3*-1;+5. The Morgan fingerprint density at radius 3 is 2.00 bits per heavy atom. The molecule has 44 heavy (non-hydrogen) atoms. The van der Waals surface area contributed by atoms with Crippen LogP contribution in [0.3, 0.4) is 0 Å². The number of fused-ring (bicyclic) bond motifs is 2. The molecule has 5 rings (SSSR count). The largest absolute Gasteiger partial charge is 5.00 e. The first-order chi connectivity index (χ1) is 20.6. The Morgan fingerprint density at radius 1 is 0.795 bits per heavy atom. The Kier molecular flexibility index (Phi) is 17.5. The van der Waals surface area contributed by atoms with Gasteiger partial charge in [0.15, 0.2) is 0 Å². The number of aryl methyl sites for hydroxylation is 4. The summed E-state index contributed by atoms with van der Waals surface area (Å²) in [4.78, 5) is 0. The molecule has 1 aromatic heterocycles. The zero-order valence-corrected chi connectivity index (χ0v) is 31.1. The molecule has 0 bridgehead atoms. The van der Waals surface area contributed by atoms with Gasteiger partial charge in [-0.05, 0) is 46.5 Å². The summed E-state index contributed by atoms with van der Waals surface area (Å²) in [6.45, 7) is 26.9. The first-order valence-corrected chi connectivity index (χ1v) is 17.0. The summed E-state index contributed by atoms with van der Waals surface area (Å²) in [5.41, 5.74) is 6.79. The Labute approximate surface area is 288 Å². The van der Waals surface area contributed by atoms with E-state index in [2.05, 4.69) is 102 Å². The Morgan fingerprint density at radius 2 is 1.41 bits per heavy atom. The van der Waals surface area contributed by atoms with Crippen molar-refractivity contribution in [3.05, 3.63) is 140 Å². The summed E-state index contributed by atoms with van der Waals surface area (Å²) in [5, 5.41) is 3.38. The van der Waals surface area contributed by atoms with Crippen LogP contribution in [0.1, 0.15) is 60.1 Å². The number of rotatable bonds is 7. The molecule has 1 N–H and O–H groups in total. The van der Waals surface area contributed by atoms with Crippen LogP contribution in [0.25, 0.3) is 20.9 Å². The van der Waals surface area contributed by atoms with Gasteiger partial charge >= 0.3 is 32.8 Å². The first kappa shape index (κ1) is 39.8. The van der Waals surface area contributed by atoms with Crippen LogP contribution in [0.4, 0.5) is 0 Å². The third-order valence-corrected chi connectivity index (χ3v) is 10.5. The first-order valence-electron chi connectivity index (χ1n) is 14.7. The van der Waals surface area contributed by atoms with E-state index >= 15 is 0 Å². The third-order valence-electron chi connectivity index (χ3n) is 6.75. The van der Waals surface area contributed by atoms with Crippen LogP contribution in [-0.4, -0.2) is 15.4 Å². The number of hydrogen-bond donors (Lipinski definition) is 1. The second kappa shape index (κ2) is 19.3. The molecule has 1 heterocycles. The maximum absolute atomic E-state index is 13.8. The summed E-state index contributed by atoms with van der Waals surface area (Å²) < 4.78 is 28.5. The molecule has 232 valence electrons. The van der Waals surface area contributed by atoms with Gasteiger partial charge in [0, 0.05) is 22.2 Å². The molecule has 1 unspecified atom stereocenters. The van der Waals surface area contributed by atoms with Crippen LogP contribution in [0, 0.1) is 55.4 Å². The van der Waals surface area contributed by atoms with E-state index in [1.54, 1.807) is 18.2 Å². The minimum atomic E-state index is -3.36. The number of unbranched alkanes of at least 4 members (excludes halogenated alkanes) is 1. The third kappa shape index (κ3) is 10.7. The Hall–Kier alpha value is -2.22. The molecule has 0 spiro atoms. The summed E-state index contributed by atoms with van der Waals surface area (Å²) in [7, 11) is -3.36. The van der Waals surface area contributed by atoms with Gasteiger partial charge in [-0.1, -0.05) is 96.1 Å². The minimum Gasteiger partial charge on any atom is -0.346 e. The molecular formula is C38H48NNbO2S2+2. The molecule has 4 aromatic carbocycles. The molecule has 0 fully saturated rings. The van der Waals surface area contributed by atoms with Gasteiger partial charge in [0.05, 0.1) is 6.54 Å². The van der Waals surface area contributed by atoms with Crippen LogP contribution in [0.5, 0.6) is 0 Å². The van der Waals surface area contributed by atoms with E-state index in [4.69, 9.17) is 0 Å². The molecule has 3 nitrogen and oxygen atoms in total. The van der Waals surface area contributed by atoms with E-state index in [1.165, 1.54) is 27.8 Å². The van der Waals surface area contributed by atoms with E-state index in [0.717, 1.165) is 50.6 Å². The van der Waals surface area contributed by atoms with Crippen molar-refractivity contribution >= 4 is 42.6 Å². The number of nitrogens with zero attached hydrogens (tertiary/aromatic N) is 1. The van der Waals surface area contributed by atoms with Crippen molar-refractivity contribution in [1.82, 2.24) is 4.31 Å². The second-order valence-corrected chi connectivity index (χ2v) is 13.5. The summed E-state index contributed by atoms with van der Waals surface area (Å²) >= 11 is 1.43. The van der Waals surface area contributed by atoms with Crippen molar-refractivity contribution in [2.24, 2.45) is 0 Å². The van der Waals surface area contributed by atoms with Crippen LogP contribution in [0.2, 0.25) is 0 Å². The van der Waals surface area contributed by atoms with E-state index < -0.39 is 10.4 Å². The maximum atomic E-state index is 13.8. The van der Waals surface area contributed by atoms with Crippen molar-refractivity contribution in [3.63, 3.8) is 0 Å². The van der Waals surface area contributed by atoms with Gasteiger partial charge in [-0.25, -0.2) is 0 Å². The maximum Gasteiger partial charge on any atom is 5.00 e. The van der Waals surface area contributed by atoms with Crippen molar-refractivity contribution < 1.29 is 31.1 Å². The quantitative estimate of drug-likeness (QED) is 0.104. The zero-order chi connectivity index (χ0) is 32.2. The predicted octanol–water partition coefficient (Wildman–Crippen LogP) is 11.2. The van der Waals surface area contributed by atoms with Crippen LogP contribution < -0.4 is 0 Å². The average molecular weight is 708 g/mol. The normalized spacial score (nSPS) is 11.7. The van der Waals surface area contributed by atoms with E-state index in [0.29, 0.717) is 17.3 Å². The second-order valence-electron chi connectivity index (χ2n) is 10.3. The van der Waals surface area contributed by atoms with Crippen molar-refractivity contribution in [2.45, 2.75) is 65.1 Å². The fourth-order valence-corrected chi connectivity index (χ4v) is 8.26. The van der Waals surface area contributed by atoms with Crippen LogP contribution >= 0.6 is 11.3 Å². The molecule has 0 saturated carbocycles. The van der Waals surface area contributed by atoms with Gasteiger partial charge in [-0.2, -0.15) is 49.4 Å². The predicted molar refractivity (Wildman–Crippen MR) is 192 cm³/mol. The SMILES string of the molecule is [CH2-]C.[CH2-]C.[CH2-]CCCN(Cc1ccc2ccccc2c1)[S+](=O)(O)c1sc2ccc(C)cc2c1C.[CH2-]c1cc(C)cc(C)c1.[Nb+5]. The molecule has 0 saturated heterocycles. The van der Waals surface area contributed by atoms with Crippen LogP contribution in [0.15, 0.2) is 83.1 Å². The topological polar surface area (TPSA) is 40.5 Å². The molecule has 0 aliphatic carbocycles. The molecular weight excluding hydrogens is 659 g/mol. The van der Waals surface area contributed by atoms with Crippen molar-refractivity contribution in [1.29, 1.82) is 0 Å². The average Bonchev–Trinajstić information content (AvgIpc) is 3.33. The van der Waals surface area contributed by atoms with Gasteiger partial charge < -0.3 is 20.8 Å². The number of hydrogen-bond acceptors (Lipinski definition) is 2.